The molecule has 140 valence electrons. The van der Waals surface area contributed by atoms with E-state index in [1.165, 1.54) is 18.2 Å². The van der Waals surface area contributed by atoms with Gasteiger partial charge in [-0.25, -0.2) is 0 Å². The zero-order chi connectivity index (χ0) is 18.9. The van der Waals surface area contributed by atoms with E-state index < -0.39 is 17.7 Å². The highest BCUT2D eigenvalue weighted by Gasteiger charge is 2.63. The number of ether oxygens (including phenoxy) is 1. The molecule has 2 aromatic rings. The second-order valence-corrected chi connectivity index (χ2v) is 6.87. The molecule has 0 amide bonds. The maximum absolute atomic E-state index is 13.7. The minimum atomic E-state index is -4.78. The molecule has 2 N–H and O–H groups in total. The predicted molar refractivity (Wildman–Crippen MR) is 94.4 cm³/mol. The van der Waals surface area contributed by atoms with Crippen molar-refractivity contribution < 1.29 is 23.0 Å². The van der Waals surface area contributed by atoms with Crippen LogP contribution >= 0.6 is 11.6 Å². The number of anilines is 1. The van der Waals surface area contributed by atoms with Crippen LogP contribution in [0, 0.1) is 5.92 Å². The molecule has 3 rings (SSSR count). The van der Waals surface area contributed by atoms with E-state index in [0.29, 0.717) is 25.1 Å². The molecule has 0 unspecified atom stereocenters. The molecular weight excluding hydrogens is 367 g/mol. The second-order valence-electron chi connectivity index (χ2n) is 6.43. The molecule has 0 saturated heterocycles. The number of methoxy groups -OCH3 is 1. The monoisotopic (exact) mass is 385 g/mol. The zero-order valence-corrected chi connectivity index (χ0v) is 14.9. The molecule has 0 bridgehead atoms. The fraction of sp³-hybridized carbons (Fsp3) is 0.368. The lowest BCUT2D eigenvalue weighted by molar-refractivity contribution is -0.275. The number of halogens is 4. The Kier molecular flexibility index (Phi) is 5.08. The van der Waals surface area contributed by atoms with Crippen LogP contribution in [0.2, 0.25) is 5.02 Å². The van der Waals surface area contributed by atoms with Crippen LogP contribution in [0.3, 0.4) is 0 Å². The molecule has 3 nitrogen and oxygen atoms in total. The van der Waals surface area contributed by atoms with Gasteiger partial charge in [-0.05, 0) is 48.7 Å². The highest BCUT2D eigenvalue weighted by atomic mass is 35.5. The average Bonchev–Trinajstić information content (AvgIpc) is 3.44. The standard InChI is InChI=1S/C19H19ClF3NO2/c1-26-15-7-2-12(3-8-15)11-24-17-9-6-14(20)10-16(17)18(25,13-4-5-13)19(21,22)23/h2-3,6-10,13,24-25H,4-5,11H2,1H3/t18-/m0/s1. The van der Waals surface area contributed by atoms with Gasteiger partial charge in [-0.3, -0.25) is 0 Å². The van der Waals surface area contributed by atoms with Gasteiger partial charge in [-0.15, -0.1) is 0 Å². The van der Waals surface area contributed by atoms with Crippen molar-refractivity contribution in [3.05, 3.63) is 58.6 Å². The molecule has 0 spiro atoms. The van der Waals surface area contributed by atoms with Crippen molar-refractivity contribution >= 4 is 17.3 Å². The lowest BCUT2D eigenvalue weighted by atomic mass is 9.86. The van der Waals surface area contributed by atoms with Gasteiger partial charge >= 0.3 is 6.18 Å². The van der Waals surface area contributed by atoms with Gasteiger partial charge < -0.3 is 15.2 Å². The minimum absolute atomic E-state index is 0.151. The van der Waals surface area contributed by atoms with Gasteiger partial charge in [0.05, 0.1) is 7.11 Å². The van der Waals surface area contributed by atoms with E-state index in [0.717, 1.165) is 5.56 Å². The van der Waals surface area contributed by atoms with Crippen molar-refractivity contribution in [2.45, 2.75) is 31.2 Å². The Balaban J connectivity index is 1.90. The third kappa shape index (κ3) is 3.62. The maximum atomic E-state index is 13.7. The summed E-state index contributed by atoms with van der Waals surface area (Å²) in [6, 6.07) is 11.4. The van der Waals surface area contributed by atoms with E-state index in [9.17, 15) is 18.3 Å². The third-order valence-electron chi connectivity index (χ3n) is 4.63. The smallest absolute Gasteiger partial charge is 0.421 e. The molecule has 1 aliphatic rings. The van der Waals surface area contributed by atoms with Crippen LogP contribution in [0.4, 0.5) is 18.9 Å². The topological polar surface area (TPSA) is 41.5 Å². The van der Waals surface area contributed by atoms with Crippen molar-refractivity contribution in [3.8, 4) is 5.75 Å². The highest BCUT2D eigenvalue weighted by Crippen LogP contribution is 2.56. The zero-order valence-electron chi connectivity index (χ0n) is 14.1. The average molecular weight is 386 g/mol. The minimum Gasteiger partial charge on any atom is -0.497 e. The summed E-state index contributed by atoms with van der Waals surface area (Å²) in [4.78, 5) is 0. The Morgan fingerprint density at radius 3 is 2.35 bits per heavy atom. The van der Waals surface area contributed by atoms with Gasteiger partial charge in [-0.2, -0.15) is 13.2 Å². The number of nitrogens with one attached hydrogen (secondary N) is 1. The molecule has 0 heterocycles. The highest BCUT2D eigenvalue weighted by molar-refractivity contribution is 6.30. The first-order chi connectivity index (χ1) is 12.3. The summed E-state index contributed by atoms with van der Waals surface area (Å²) in [5, 5.41) is 13.7. The van der Waals surface area contributed by atoms with E-state index in [-0.39, 0.29) is 16.3 Å². The number of hydrogen-bond acceptors (Lipinski definition) is 3. The van der Waals surface area contributed by atoms with Crippen LogP contribution < -0.4 is 10.1 Å². The first kappa shape index (κ1) is 18.9. The van der Waals surface area contributed by atoms with Crippen molar-refractivity contribution in [1.29, 1.82) is 0 Å². The summed E-state index contributed by atoms with van der Waals surface area (Å²) < 4.78 is 46.2. The summed E-state index contributed by atoms with van der Waals surface area (Å²) in [6.45, 7) is 0.303. The molecule has 26 heavy (non-hydrogen) atoms. The summed E-state index contributed by atoms with van der Waals surface area (Å²) in [5.74, 6) is -0.149. The van der Waals surface area contributed by atoms with Crippen LogP contribution in [-0.2, 0) is 12.1 Å². The van der Waals surface area contributed by atoms with Crippen LogP contribution in [0.1, 0.15) is 24.0 Å². The Morgan fingerprint density at radius 2 is 1.81 bits per heavy atom. The quantitative estimate of drug-likeness (QED) is 0.725. The molecule has 1 aliphatic carbocycles. The van der Waals surface area contributed by atoms with Crippen molar-refractivity contribution in [3.63, 3.8) is 0 Å². The maximum Gasteiger partial charge on any atom is 0.421 e. The van der Waals surface area contributed by atoms with Crippen LogP contribution in [0.5, 0.6) is 5.75 Å². The third-order valence-corrected chi connectivity index (χ3v) is 4.87. The summed E-state index contributed by atoms with van der Waals surface area (Å²) in [6.07, 6.45) is -4.11. The molecular formula is C19H19ClF3NO2. The number of hydrogen-bond donors (Lipinski definition) is 2. The predicted octanol–water partition coefficient (Wildman–Crippen LogP) is 5.12. The van der Waals surface area contributed by atoms with E-state index in [2.05, 4.69) is 5.32 Å². The van der Waals surface area contributed by atoms with Crippen LogP contribution in [0.25, 0.3) is 0 Å². The van der Waals surface area contributed by atoms with Gasteiger partial charge in [0.15, 0.2) is 5.60 Å². The van der Waals surface area contributed by atoms with Gasteiger partial charge in [-0.1, -0.05) is 23.7 Å². The summed E-state index contributed by atoms with van der Waals surface area (Å²) >= 11 is 5.93. The fourth-order valence-electron chi connectivity index (χ4n) is 3.03. The molecule has 7 heteroatoms. The molecule has 0 aliphatic heterocycles. The number of benzene rings is 2. The van der Waals surface area contributed by atoms with Crippen LogP contribution in [0.15, 0.2) is 42.5 Å². The van der Waals surface area contributed by atoms with E-state index in [1.807, 2.05) is 12.1 Å². The van der Waals surface area contributed by atoms with E-state index in [4.69, 9.17) is 16.3 Å². The fourth-order valence-corrected chi connectivity index (χ4v) is 3.20. The lowest BCUT2D eigenvalue weighted by Crippen LogP contribution is -2.44. The summed E-state index contributed by atoms with van der Waals surface area (Å²) in [7, 11) is 1.56. The van der Waals surface area contributed by atoms with Crippen molar-refractivity contribution in [2.75, 3.05) is 12.4 Å². The van der Waals surface area contributed by atoms with Gasteiger partial charge in [0.25, 0.3) is 0 Å². The molecule has 2 aromatic carbocycles. The van der Waals surface area contributed by atoms with Gasteiger partial charge in [0.2, 0.25) is 0 Å². The normalized spacial score (nSPS) is 16.8. The van der Waals surface area contributed by atoms with Crippen LogP contribution in [-0.4, -0.2) is 18.4 Å². The Hall–Kier alpha value is -1.92. The molecule has 1 fully saturated rings. The molecule has 1 atom stereocenters. The Labute approximate surface area is 154 Å². The van der Waals surface area contributed by atoms with Gasteiger partial charge in [0, 0.05) is 28.7 Å². The molecule has 0 radical (unpaired) electrons. The van der Waals surface area contributed by atoms with Crippen molar-refractivity contribution in [2.24, 2.45) is 5.92 Å². The van der Waals surface area contributed by atoms with E-state index >= 15 is 0 Å². The van der Waals surface area contributed by atoms with Crippen molar-refractivity contribution in [1.82, 2.24) is 0 Å². The van der Waals surface area contributed by atoms with E-state index in [1.54, 1.807) is 19.2 Å². The first-order valence-electron chi connectivity index (χ1n) is 8.21. The second kappa shape index (κ2) is 7.00. The Bertz CT molecular complexity index is 775. The number of rotatable bonds is 6. The largest absolute Gasteiger partial charge is 0.497 e. The lowest BCUT2D eigenvalue weighted by Gasteiger charge is -2.33. The molecule has 1 saturated carbocycles. The number of aliphatic hydroxyl groups is 1. The SMILES string of the molecule is COc1ccc(CNc2ccc(Cl)cc2[C@@](O)(C2CC2)C(F)(F)F)cc1. The summed E-state index contributed by atoms with van der Waals surface area (Å²) in [5.41, 5.74) is -2.04. The Morgan fingerprint density at radius 1 is 1.15 bits per heavy atom. The van der Waals surface area contributed by atoms with Gasteiger partial charge in [0.1, 0.15) is 5.75 Å². The molecule has 0 aromatic heterocycles. The number of alkyl halides is 3. The first-order valence-corrected chi connectivity index (χ1v) is 8.59.